The molecular formula is C15H23BrN2. The minimum atomic E-state index is 0.980. The highest BCUT2D eigenvalue weighted by Crippen LogP contribution is 2.16. The second kappa shape index (κ2) is 7.27. The first-order chi connectivity index (χ1) is 8.75. The zero-order valence-corrected chi connectivity index (χ0v) is 12.8. The van der Waals surface area contributed by atoms with Gasteiger partial charge in [0.05, 0.1) is 0 Å². The topological polar surface area (TPSA) is 15.3 Å². The molecule has 1 heterocycles. The standard InChI is InChI=1S/C15H23BrN2/c1-13-11-14(5-6-15(13)16)12-17-7-4-10-18-8-2-3-9-18/h5-6,11,17H,2-4,7-10,12H2,1H3. The first kappa shape index (κ1) is 14.0. The number of benzene rings is 1. The van der Waals surface area contributed by atoms with E-state index in [1.807, 2.05) is 0 Å². The maximum atomic E-state index is 3.53. The van der Waals surface area contributed by atoms with E-state index in [0.29, 0.717) is 0 Å². The molecule has 1 saturated heterocycles. The van der Waals surface area contributed by atoms with Crippen LogP contribution < -0.4 is 5.32 Å². The normalized spacial score (nSPS) is 16.3. The van der Waals surface area contributed by atoms with E-state index in [1.54, 1.807) is 0 Å². The second-order valence-electron chi connectivity index (χ2n) is 5.16. The molecule has 0 atom stereocenters. The van der Waals surface area contributed by atoms with Crippen molar-refractivity contribution in [3.8, 4) is 0 Å². The lowest BCUT2D eigenvalue weighted by molar-refractivity contribution is 0.331. The van der Waals surface area contributed by atoms with Gasteiger partial charge in [-0.05, 0) is 69.6 Å². The molecule has 0 radical (unpaired) electrons. The van der Waals surface area contributed by atoms with Crippen LogP contribution >= 0.6 is 15.9 Å². The Morgan fingerprint density at radius 2 is 2.06 bits per heavy atom. The summed E-state index contributed by atoms with van der Waals surface area (Å²) in [5.74, 6) is 0. The van der Waals surface area contributed by atoms with Crippen LogP contribution in [-0.2, 0) is 6.54 Å². The van der Waals surface area contributed by atoms with E-state index in [0.717, 1.165) is 13.1 Å². The molecular weight excluding hydrogens is 288 g/mol. The van der Waals surface area contributed by atoms with Gasteiger partial charge >= 0.3 is 0 Å². The molecule has 1 aliphatic heterocycles. The molecule has 100 valence electrons. The highest BCUT2D eigenvalue weighted by Gasteiger charge is 2.09. The summed E-state index contributed by atoms with van der Waals surface area (Å²) in [4.78, 5) is 2.57. The Bertz CT molecular complexity index is 373. The maximum Gasteiger partial charge on any atom is 0.0205 e. The summed E-state index contributed by atoms with van der Waals surface area (Å²) in [5, 5.41) is 3.53. The number of halogens is 1. The maximum absolute atomic E-state index is 3.53. The van der Waals surface area contributed by atoms with Crippen molar-refractivity contribution in [2.75, 3.05) is 26.2 Å². The van der Waals surface area contributed by atoms with Crippen LogP contribution in [0.4, 0.5) is 0 Å². The molecule has 1 aromatic carbocycles. The minimum Gasteiger partial charge on any atom is -0.313 e. The summed E-state index contributed by atoms with van der Waals surface area (Å²) >= 11 is 3.53. The number of nitrogens with one attached hydrogen (secondary N) is 1. The average Bonchev–Trinajstić information content (AvgIpc) is 2.86. The molecule has 0 amide bonds. The fraction of sp³-hybridized carbons (Fsp3) is 0.600. The number of hydrogen-bond acceptors (Lipinski definition) is 2. The van der Waals surface area contributed by atoms with Gasteiger partial charge in [0.1, 0.15) is 0 Å². The fourth-order valence-electron chi connectivity index (χ4n) is 2.48. The summed E-state index contributed by atoms with van der Waals surface area (Å²) in [6.45, 7) is 8.12. The van der Waals surface area contributed by atoms with Gasteiger partial charge in [-0.2, -0.15) is 0 Å². The van der Waals surface area contributed by atoms with Crippen molar-refractivity contribution in [1.29, 1.82) is 0 Å². The molecule has 1 aliphatic rings. The van der Waals surface area contributed by atoms with E-state index >= 15 is 0 Å². The molecule has 18 heavy (non-hydrogen) atoms. The third kappa shape index (κ3) is 4.38. The summed E-state index contributed by atoms with van der Waals surface area (Å²) in [6.07, 6.45) is 4.05. The van der Waals surface area contributed by atoms with Gasteiger partial charge in [-0.25, -0.2) is 0 Å². The summed E-state index contributed by atoms with van der Waals surface area (Å²) < 4.78 is 1.19. The monoisotopic (exact) mass is 310 g/mol. The van der Waals surface area contributed by atoms with Gasteiger partial charge in [0.25, 0.3) is 0 Å². The minimum absolute atomic E-state index is 0.980. The molecule has 0 unspecified atom stereocenters. The summed E-state index contributed by atoms with van der Waals surface area (Å²) in [6, 6.07) is 6.57. The molecule has 0 aromatic heterocycles. The van der Waals surface area contributed by atoms with Crippen LogP contribution in [-0.4, -0.2) is 31.1 Å². The van der Waals surface area contributed by atoms with Gasteiger partial charge in [0.2, 0.25) is 0 Å². The predicted octanol–water partition coefficient (Wildman–Crippen LogP) is 3.33. The lowest BCUT2D eigenvalue weighted by Crippen LogP contribution is -2.24. The Balaban J connectivity index is 1.61. The lowest BCUT2D eigenvalue weighted by atomic mass is 10.1. The molecule has 0 bridgehead atoms. The van der Waals surface area contributed by atoms with Gasteiger partial charge in [-0.15, -0.1) is 0 Å². The molecule has 3 heteroatoms. The molecule has 0 spiro atoms. The molecule has 2 nitrogen and oxygen atoms in total. The predicted molar refractivity (Wildman–Crippen MR) is 80.9 cm³/mol. The van der Waals surface area contributed by atoms with Crippen molar-refractivity contribution in [2.24, 2.45) is 0 Å². The Morgan fingerprint density at radius 1 is 1.28 bits per heavy atom. The first-order valence-electron chi connectivity index (χ1n) is 6.94. The van der Waals surface area contributed by atoms with Crippen molar-refractivity contribution in [2.45, 2.75) is 32.7 Å². The van der Waals surface area contributed by atoms with Crippen molar-refractivity contribution in [3.63, 3.8) is 0 Å². The van der Waals surface area contributed by atoms with Gasteiger partial charge in [0, 0.05) is 11.0 Å². The highest BCUT2D eigenvalue weighted by molar-refractivity contribution is 9.10. The molecule has 1 fully saturated rings. The quantitative estimate of drug-likeness (QED) is 0.811. The number of nitrogens with zero attached hydrogens (tertiary/aromatic N) is 1. The van der Waals surface area contributed by atoms with E-state index in [9.17, 15) is 0 Å². The van der Waals surface area contributed by atoms with Gasteiger partial charge in [0.15, 0.2) is 0 Å². The van der Waals surface area contributed by atoms with Crippen molar-refractivity contribution in [3.05, 3.63) is 33.8 Å². The van der Waals surface area contributed by atoms with E-state index in [1.165, 1.54) is 54.5 Å². The molecule has 1 aromatic rings. The van der Waals surface area contributed by atoms with Crippen LogP contribution in [0.5, 0.6) is 0 Å². The largest absolute Gasteiger partial charge is 0.313 e. The third-order valence-electron chi connectivity index (χ3n) is 3.58. The fourth-order valence-corrected chi connectivity index (χ4v) is 2.73. The van der Waals surface area contributed by atoms with Gasteiger partial charge < -0.3 is 10.2 Å². The third-order valence-corrected chi connectivity index (χ3v) is 4.47. The van der Waals surface area contributed by atoms with Crippen LogP contribution in [0, 0.1) is 6.92 Å². The number of hydrogen-bond donors (Lipinski definition) is 1. The number of likely N-dealkylation sites (tertiary alicyclic amines) is 1. The Kier molecular flexibility index (Phi) is 5.67. The SMILES string of the molecule is Cc1cc(CNCCCN2CCCC2)ccc1Br. The summed E-state index contributed by atoms with van der Waals surface area (Å²) in [5.41, 5.74) is 2.68. The van der Waals surface area contributed by atoms with Crippen molar-refractivity contribution < 1.29 is 0 Å². The highest BCUT2D eigenvalue weighted by atomic mass is 79.9. The van der Waals surface area contributed by atoms with Gasteiger partial charge in [-0.3, -0.25) is 0 Å². The van der Waals surface area contributed by atoms with E-state index < -0.39 is 0 Å². The summed E-state index contributed by atoms with van der Waals surface area (Å²) in [7, 11) is 0. The average molecular weight is 311 g/mol. The van der Waals surface area contributed by atoms with Crippen LogP contribution in [0.1, 0.15) is 30.4 Å². The smallest absolute Gasteiger partial charge is 0.0205 e. The number of rotatable bonds is 6. The van der Waals surface area contributed by atoms with Crippen molar-refractivity contribution >= 4 is 15.9 Å². The molecule has 1 N–H and O–H groups in total. The van der Waals surface area contributed by atoms with Crippen LogP contribution in [0.25, 0.3) is 0 Å². The van der Waals surface area contributed by atoms with Crippen molar-refractivity contribution in [1.82, 2.24) is 10.2 Å². The van der Waals surface area contributed by atoms with E-state index in [-0.39, 0.29) is 0 Å². The molecule has 0 saturated carbocycles. The van der Waals surface area contributed by atoms with Gasteiger partial charge in [-0.1, -0.05) is 28.1 Å². The second-order valence-corrected chi connectivity index (χ2v) is 6.02. The Labute approximate surface area is 119 Å². The van der Waals surface area contributed by atoms with E-state index in [4.69, 9.17) is 0 Å². The van der Waals surface area contributed by atoms with Crippen LogP contribution in [0.15, 0.2) is 22.7 Å². The Morgan fingerprint density at radius 3 is 2.78 bits per heavy atom. The molecule has 2 rings (SSSR count). The van der Waals surface area contributed by atoms with Crippen LogP contribution in [0.2, 0.25) is 0 Å². The zero-order chi connectivity index (χ0) is 12.8. The zero-order valence-electron chi connectivity index (χ0n) is 11.2. The number of aryl methyl sites for hydroxylation is 1. The Hall–Kier alpha value is -0.380. The van der Waals surface area contributed by atoms with E-state index in [2.05, 4.69) is 51.3 Å². The molecule has 0 aliphatic carbocycles. The first-order valence-corrected chi connectivity index (χ1v) is 7.73. The van der Waals surface area contributed by atoms with Crippen LogP contribution in [0.3, 0.4) is 0 Å². The lowest BCUT2D eigenvalue weighted by Gasteiger charge is -2.14.